The zero-order chi connectivity index (χ0) is 22.4. The second kappa shape index (κ2) is 7.99. The number of urea groups is 1. The Labute approximate surface area is 191 Å². The number of fused-ring (bicyclic) bond motifs is 3. The molecule has 0 unspecified atom stereocenters. The number of aryl methyl sites for hydroxylation is 2. The lowest BCUT2D eigenvalue weighted by atomic mass is 9.92. The molecule has 2 heterocycles. The van der Waals surface area contributed by atoms with Gasteiger partial charge in [0, 0.05) is 33.9 Å². The number of carbonyl (C=O) groups is 1. The van der Waals surface area contributed by atoms with Crippen LogP contribution in [-0.2, 0) is 6.42 Å². The highest BCUT2D eigenvalue weighted by molar-refractivity contribution is 6.31. The molecule has 0 aliphatic carbocycles. The minimum absolute atomic E-state index is 0.186. The van der Waals surface area contributed by atoms with Crippen molar-refractivity contribution in [3.63, 3.8) is 0 Å². The van der Waals surface area contributed by atoms with Crippen molar-refractivity contribution < 1.29 is 9.18 Å². The summed E-state index contributed by atoms with van der Waals surface area (Å²) in [6.07, 6.45) is 0.702. The largest absolute Gasteiger partial charge is 0.356 e. The molecule has 162 valence electrons. The summed E-state index contributed by atoms with van der Waals surface area (Å²) in [6, 6.07) is 17.5. The fourth-order valence-electron chi connectivity index (χ4n) is 4.61. The van der Waals surface area contributed by atoms with Crippen LogP contribution in [0.25, 0.3) is 10.9 Å². The van der Waals surface area contributed by atoms with E-state index in [4.69, 9.17) is 11.6 Å². The highest BCUT2D eigenvalue weighted by atomic mass is 35.5. The number of carbonyl (C=O) groups excluding carboxylic acids is 1. The van der Waals surface area contributed by atoms with Crippen LogP contribution < -0.4 is 5.32 Å². The van der Waals surface area contributed by atoms with Crippen LogP contribution in [0, 0.1) is 19.7 Å². The first-order valence-electron chi connectivity index (χ1n) is 10.6. The summed E-state index contributed by atoms with van der Waals surface area (Å²) in [7, 11) is 0. The second-order valence-corrected chi connectivity index (χ2v) is 8.79. The number of nitrogens with zero attached hydrogens (tertiary/aromatic N) is 1. The summed E-state index contributed by atoms with van der Waals surface area (Å²) in [5.41, 5.74) is 6.85. The molecule has 4 nitrogen and oxygen atoms in total. The predicted molar refractivity (Wildman–Crippen MR) is 127 cm³/mol. The molecule has 2 amide bonds. The number of amides is 2. The molecule has 1 aromatic heterocycles. The highest BCUT2D eigenvalue weighted by Crippen LogP contribution is 2.39. The Bertz CT molecular complexity index is 1330. The maximum Gasteiger partial charge on any atom is 0.322 e. The average Bonchev–Trinajstić information content (AvgIpc) is 3.13. The third-order valence-corrected chi connectivity index (χ3v) is 6.39. The lowest BCUT2D eigenvalue weighted by molar-refractivity contribution is 0.193. The molecule has 2 N–H and O–H groups in total. The number of hydrogen-bond donors (Lipinski definition) is 2. The van der Waals surface area contributed by atoms with E-state index in [-0.39, 0.29) is 17.9 Å². The Hall–Kier alpha value is -3.31. The minimum atomic E-state index is -0.365. The van der Waals surface area contributed by atoms with Crippen LogP contribution in [0.3, 0.4) is 0 Å². The van der Waals surface area contributed by atoms with Crippen molar-refractivity contribution in [2.24, 2.45) is 0 Å². The highest BCUT2D eigenvalue weighted by Gasteiger charge is 2.34. The quantitative estimate of drug-likeness (QED) is 0.350. The van der Waals surface area contributed by atoms with Crippen molar-refractivity contribution >= 4 is 34.2 Å². The Kier molecular flexibility index (Phi) is 5.14. The zero-order valence-electron chi connectivity index (χ0n) is 17.9. The van der Waals surface area contributed by atoms with Crippen molar-refractivity contribution in [1.82, 2.24) is 9.88 Å². The Morgan fingerprint density at radius 1 is 1.09 bits per heavy atom. The van der Waals surface area contributed by atoms with Gasteiger partial charge in [0.05, 0.1) is 6.04 Å². The summed E-state index contributed by atoms with van der Waals surface area (Å²) in [4.78, 5) is 18.8. The molecule has 0 spiro atoms. The van der Waals surface area contributed by atoms with E-state index in [2.05, 4.69) is 10.3 Å². The summed E-state index contributed by atoms with van der Waals surface area (Å²) in [5.74, 6) is -0.306. The van der Waals surface area contributed by atoms with E-state index < -0.39 is 0 Å². The molecule has 3 aromatic carbocycles. The van der Waals surface area contributed by atoms with Crippen LogP contribution in [0.4, 0.5) is 14.9 Å². The van der Waals surface area contributed by atoms with Crippen LogP contribution in [-0.4, -0.2) is 22.5 Å². The fourth-order valence-corrected chi connectivity index (χ4v) is 4.78. The van der Waals surface area contributed by atoms with Gasteiger partial charge in [0.2, 0.25) is 0 Å². The molecule has 32 heavy (non-hydrogen) atoms. The van der Waals surface area contributed by atoms with Gasteiger partial charge in [0.1, 0.15) is 5.82 Å². The van der Waals surface area contributed by atoms with E-state index in [0.29, 0.717) is 18.0 Å². The standard InChI is InChI=1S/C26H23ClFN3O/c1-15-3-9-22(16(2)13-15)30-26(32)31-12-11-20-21-14-18(27)6-10-23(21)29-24(20)25(31)17-4-7-19(28)8-5-17/h3-10,13-14,25,29H,11-12H2,1-2H3,(H,30,32)/t25-/m1/s1. The number of halogens is 2. The Morgan fingerprint density at radius 3 is 2.62 bits per heavy atom. The van der Waals surface area contributed by atoms with Crippen molar-refractivity contribution in [2.45, 2.75) is 26.3 Å². The van der Waals surface area contributed by atoms with Gasteiger partial charge in [-0.2, -0.15) is 0 Å². The van der Waals surface area contributed by atoms with Gasteiger partial charge in [0.15, 0.2) is 0 Å². The molecule has 0 saturated carbocycles. The summed E-state index contributed by atoms with van der Waals surface area (Å²) < 4.78 is 13.7. The number of hydrogen-bond acceptors (Lipinski definition) is 1. The van der Waals surface area contributed by atoms with E-state index in [1.165, 1.54) is 12.1 Å². The van der Waals surface area contributed by atoms with Gasteiger partial charge >= 0.3 is 6.03 Å². The molecule has 0 radical (unpaired) electrons. The number of nitrogens with one attached hydrogen (secondary N) is 2. The molecule has 1 aliphatic rings. The van der Waals surface area contributed by atoms with Gasteiger partial charge in [-0.25, -0.2) is 9.18 Å². The molecule has 4 aromatic rings. The van der Waals surface area contributed by atoms with Gasteiger partial charge in [-0.1, -0.05) is 41.4 Å². The monoisotopic (exact) mass is 447 g/mol. The summed E-state index contributed by atoms with van der Waals surface area (Å²) in [5, 5.41) is 4.81. The number of aromatic nitrogens is 1. The van der Waals surface area contributed by atoms with Crippen molar-refractivity contribution in [1.29, 1.82) is 0 Å². The van der Waals surface area contributed by atoms with Crippen LogP contribution in [0.15, 0.2) is 60.7 Å². The molecule has 0 saturated heterocycles. The van der Waals surface area contributed by atoms with E-state index in [1.807, 2.05) is 55.1 Å². The molecule has 1 aliphatic heterocycles. The van der Waals surface area contributed by atoms with Crippen LogP contribution in [0.1, 0.15) is 34.0 Å². The maximum atomic E-state index is 13.7. The molecular formula is C26H23ClFN3O. The second-order valence-electron chi connectivity index (χ2n) is 8.35. The Morgan fingerprint density at radius 2 is 1.88 bits per heavy atom. The maximum absolute atomic E-state index is 13.7. The SMILES string of the molecule is Cc1ccc(NC(=O)N2CCc3c([nH]c4ccc(Cl)cc34)[C@H]2c2ccc(F)cc2)c(C)c1. The van der Waals surface area contributed by atoms with Crippen LogP contribution >= 0.6 is 11.6 Å². The Balaban J connectivity index is 1.58. The van der Waals surface area contributed by atoms with Gasteiger partial charge in [-0.05, 0) is 73.4 Å². The van der Waals surface area contributed by atoms with Gasteiger partial charge < -0.3 is 15.2 Å². The smallest absolute Gasteiger partial charge is 0.322 e. The van der Waals surface area contributed by atoms with E-state index >= 15 is 0 Å². The lowest BCUT2D eigenvalue weighted by Crippen LogP contribution is -2.43. The summed E-state index contributed by atoms with van der Waals surface area (Å²) >= 11 is 6.25. The topological polar surface area (TPSA) is 48.1 Å². The molecular weight excluding hydrogens is 425 g/mol. The normalized spacial score (nSPS) is 15.6. The van der Waals surface area contributed by atoms with Gasteiger partial charge in [-0.3, -0.25) is 0 Å². The first-order valence-corrected chi connectivity index (χ1v) is 11.0. The predicted octanol–water partition coefficient (Wildman–Crippen LogP) is 6.76. The molecule has 5 rings (SSSR count). The lowest BCUT2D eigenvalue weighted by Gasteiger charge is -2.36. The van der Waals surface area contributed by atoms with Gasteiger partial charge in [-0.15, -0.1) is 0 Å². The molecule has 6 heteroatoms. The van der Waals surface area contributed by atoms with Crippen LogP contribution in [0.2, 0.25) is 5.02 Å². The van der Waals surface area contributed by atoms with E-state index in [9.17, 15) is 9.18 Å². The summed E-state index contributed by atoms with van der Waals surface area (Å²) in [6.45, 7) is 4.54. The van der Waals surface area contributed by atoms with Gasteiger partial charge in [0.25, 0.3) is 0 Å². The number of anilines is 1. The first kappa shape index (κ1) is 20.6. The van der Waals surface area contributed by atoms with E-state index in [1.54, 1.807) is 12.1 Å². The van der Waals surface area contributed by atoms with Crippen molar-refractivity contribution in [3.05, 3.63) is 99.5 Å². The fraction of sp³-hybridized carbons (Fsp3) is 0.192. The molecule has 0 bridgehead atoms. The number of rotatable bonds is 2. The molecule has 0 fully saturated rings. The number of aromatic amines is 1. The van der Waals surface area contributed by atoms with Crippen LogP contribution in [0.5, 0.6) is 0 Å². The van der Waals surface area contributed by atoms with Crippen molar-refractivity contribution in [2.75, 3.05) is 11.9 Å². The zero-order valence-corrected chi connectivity index (χ0v) is 18.6. The van der Waals surface area contributed by atoms with E-state index in [0.717, 1.165) is 44.5 Å². The third kappa shape index (κ3) is 3.63. The average molecular weight is 448 g/mol. The number of H-pyrrole nitrogens is 1. The third-order valence-electron chi connectivity index (χ3n) is 6.16. The number of benzene rings is 3. The first-order chi connectivity index (χ1) is 15.4. The molecule has 1 atom stereocenters. The van der Waals surface area contributed by atoms with Crippen molar-refractivity contribution in [3.8, 4) is 0 Å². The minimum Gasteiger partial charge on any atom is -0.356 e.